The zero-order valence-electron chi connectivity index (χ0n) is 50.6. The predicted octanol–water partition coefficient (Wildman–Crippen LogP) is 12.3. The molecule has 0 radical (unpaired) electrons. The molecule has 2 heterocycles. The van der Waals surface area contributed by atoms with Gasteiger partial charge in [-0.1, -0.05) is 262 Å². The van der Waals surface area contributed by atoms with Gasteiger partial charge in [0.25, 0.3) is 0 Å². The average Bonchev–Trinajstić information content (AvgIpc) is 3.46. The highest BCUT2D eigenvalue weighted by atomic mass is 16.7. The van der Waals surface area contributed by atoms with E-state index in [-0.39, 0.29) is 12.5 Å². The number of carbonyl (C=O) groups is 1. The van der Waals surface area contributed by atoms with Gasteiger partial charge in [-0.05, 0) is 51.4 Å². The van der Waals surface area contributed by atoms with Crippen LogP contribution in [0.5, 0.6) is 0 Å². The highest BCUT2D eigenvalue weighted by Gasteiger charge is 2.51. The van der Waals surface area contributed by atoms with Crippen LogP contribution in [-0.4, -0.2) is 140 Å². The molecule has 0 aromatic heterocycles. The lowest BCUT2D eigenvalue weighted by Gasteiger charge is -2.46. The first-order valence-electron chi connectivity index (χ1n) is 32.9. The van der Waals surface area contributed by atoms with E-state index in [1.807, 2.05) is 0 Å². The first-order valence-corrected chi connectivity index (χ1v) is 32.9. The van der Waals surface area contributed by atoms with Crippen molar-refractivity contribution in [2.45, 2.75) is 344 Å². The molecule has 12 atom stereocenters. The third-order valence-corrected chi connectivity index (χ3v) is 16.1. The van der Waals surface area contributed by atoms with Gasteiger partial charge < -0.3 is 65.1 Å². The molecule has 2 rings (SSSR count). The van der Waals surface area contributed by atoms with E-state index in [1.54, 1.807) is 0 Å². The first-order chi connectivity index (χ1) is 39.1. The van der Waals surface area contributed by atoms with Crippen molar-refractivity contribution in [1.29, 1.82) is 0 Å². The Labute approximate surface area is 486 Å². The van der Waals surface area contributed by atoms with Gasteiger partial charge in [-0.25, -0.2) is 0 Å². The summed E-state index contributed by atoms with van der Waals surface area (Å²) in [7, 11) is 0. The van der Waals surface area contributed by atoms with Crippen LogP contribution in [0.2, 0.25) is 0 Å². The number of allylic oxidation sites excluding steroid dienone is 8. The van der Waals surface area contributed by atoms with Crippen LogP contribution in [0.4, 0.5) is 0 Å². The number of unbranched alkanes of at least 4 members (excludes halogenated alkanes) is 32. The number of aliphatic hydroxyl groups excluding tert-OH is 8. The Bertz CT molecular complexity index is 1530. The van der Waals surface area contributed by atoms with E-state index >= 15 is 0 Å². The smallest absolute Gasteiger partial charge is 0.220 e. The molecule has 0 saturated carbocycles. The fraction of sp³-hybridized carbons (Fsp3) is 0.864. The molecular formula is C66H121NO13. The van der Waals surface area contributed by atoms with Gasteiger partial charge in [0.15, 0.2) is 12.6 Å². The van der Waals surface area contributed by atoms with Crippen LogP contribution in [0, 0.1) is 0 Å². The second-order valence-electron chi connectivity index (χ2n) is 23.2. The number of amides is 1. The van der Waals surface area contributed by atoms with Crippen LogP contribution in [-0.2, 0) is 23.7 Å². The van der Waals surface area contributed by atoms with Gasteiger partial charge >= 0.3 is 0 Å². The topological polar surface area (TPSA) is 228 Å². The SMILES string of the molecule is CC/C=C\C/C=C\C/C=C\C/C=C\CCCCCCCCCCCCCCCCCCCCCCCCC(=O)NC(COC1OC(CO)C(OC2OC(CO)C(O)C(O)C2O)C(O)C1O)C(O)CCCCCCCCCCCCC. The van der Waals surface area contributed by atoms with Gasteiger partial charge in [0.1, 0.15) is 48.8 Å². The fourth-order valence-corrected chi connectivity index (χ4v) is 10.8. The number of carbonyl (C=O) groups excluding carboxylic acids is 1. The van der Waals surface area contributed by atoms with Crippen molar-refractivity contribution in [3.05, 3.63) is 48.6 Å². The van der Waals surface area contributed by atoms with Gasteiger partial charge in [-0.15, -0.1) is 0 Å². The first kappa shape index (κ1) is 74.1. The molecule has 2 saturated heterocycles. The zero-order chi connectivity index (χ0) is 58.1. The Morgan fingerprint density at radius 3 is 1.32 bits per heavy atom. The van der Waals surface area contributed by atoms with Crippen molar-refractivity contribution in [1.82, 2.24) is 5.32 Å². The maximum atomic E-state index is 13.3. The Morgan fingerprint density at radius 1 is 0.463 bits per heavy atom. The summed E-state index contributed by atoms with van der Waals surface area (Å²) >= 11 is 0. The molecule has 0 aliphatic carbocycles. The zero-order valence-corrected chi connectivity index (χ0v) is 50.6. The molecule has 14 heteroatoms. The summed E-state index contributed by atoms with van der Waals surface area (Å²) in [6.45, 7) is 2.75. The number of hydrogen-bond acceptors (Lipinski definition) is 13. The molecular weight excluding hydrogens is 1010 g/mol. The number of nitrogens with one attached hydrogen (secondary N) is 1. The van der Waals surface area contributed by atoms with E-state index in [0.717, 1.165) is 77.0 Å². The van der Waals surface area contributed by atoms with Crippen LogP contribution in [0.1, 0.15) is 271 Å². The summed E-state index contributed by atoms with van der Waals surface area (Å²) < 4.78 is 22.8. The molecule has 0 spiro atoms. The quantitative estimate of drug-likeness (QED) is 0.0204. The molecule has 0 aromatic carbocycles. The van der Waals surface area contributed by atoms with E-state index in [4.69, 9.17) is 18.9 Å². The minimum absolute atomic E-state index is 0.204. The highest BCUT2D eigenvalue weighted by molar-refractivity contribution is 5.76. The molecule has 9 N–H and O–H groups in total. The molecule has 2 aliphatic heterocycles. The lowest BCUT2D eigenvalue weighted by atomic mass is 9.97. The monoisotopic (exact) mass is 1140 g/mol. The van der Waals surface area contributed by atoms with Crippen molar-refractivity contribution < 1.29 is 64.6 Å². The van der Waals surface area contributed by atoms with Crippen LogP contribution in [0.3, 0.4) is 0 Å². The molecule has 80 heavy (non-hydrogen) atoms. The van der Waals surface area contributed by atoms with E-state index in [9.17, 15) is 45.6 Å². The highest BCUT2D eigenvalue weighted by Crippen LogP contribution is 2.30. The Morgan fingerprint density at radius 2 is 0.863 bits per heavy atom. The Kier molecular flexibility index (Phi) is 47.6. The molecule has 12 unspecified atom stereocenters. The van der Waals surface area contributed by atoms with Crippen LogP contribution in [0.15, 0.2) is 48.6 Å². The number of aliphatic hydroxyl groups is 8. The second kappa shape index (κ2) is 51.4. The normalized spacial score (nSPS) is 24.5. The molecule has 2 fully saturated rings. The molecule has 0 aromatic rings. The minimum Gasteiger partial charge on any atom is -0.394 e. The van der Waals surface area contributed by atoms with Crippen LogP contribution in [0.25, 0.3) is 0 Å². The molecule has 468 valence electrons. The molecule has 14 nitrogen and oxygen atoms in total. The molecule has 0 bridgehead atoms. The van der Waals surface area contributed by atoms with Crippen LogP contribution < -0.4 is 5.32 Å². The molecule has 2 aliphatic rings. The summed E-state index contributed by atoms with van der Waals surface area (Å²) in [5.74, 6) is -0.204. The van der Waals surface area contributed by atoms with Crippen molar-refractivity contribution in [2.24, 2.45) is 0 Å². The third kappa shape index (κ3) is 35.9. The minimum atomic E-state index is -1.78. The average molecular weight is 1140 g/mol. The second-order valence-corrected chi connectivity index (χ2v) is 23.2. The van der Waals surface area contributed by atoms with Crippen molar-refractivity contribution in [2.75, 3.05) is 19.8 Å². The van der Waals surface area contributed by atoms with E-state index in [2.05, 4.69) is 67.8 Å². The number of ether oxygens (including phenoxy) is 4. The Hall–Kier alpha value is -2.05. The number of rotatable bonds is 53. The summed E-state index contributed by atoms with van der Waals surface area (Å²) in [4.78, 5) is 13.3. The van der Waals surface area contributed by atoms with Gasteiger partial charge in [0.05, 0.1) is 32.0 Å². The largest absolute Gasteiger partial charge is 0.394 e. The summed E-state index contributed by atoms with van der Waals surface area (Å²) in [5.41, 5.74) is 0. The van der Waals surface area contributed by atoms with Crippen LogP contribution >= 0.6 is 0 Å². The van der Waals surface area contributed by atoms with Crippen molar-refractivity contribution in [3.63, 3.8) is 0 Å². The van der Waals surface area contributed by atoms with Gasteiger partial charge in [0.2, 0.25) is 5.91 Å². The predicted molar refractivity (Wildman–Crippen MR) is 323 cm³/mol. The van der Waals surface area contributed by atoms with Gasteiger partial charge in [-0.2, -0.15) is 0 Å². The lowest BCUT2D eigenvalue weighted by Crippen LogP contribution is -2.65. The van der Waals surface area contributed by atoms with E-state index in [0.29, 0.717) is 12.8 Å². The maximum Gasteiger partial charge on any atom is 0.220 e. The Balaban J connectivity index is 1.57. The van der Waals surface area contributed by atoms with Gasteiger partial charge in [0, 0.05) is 6.42 Å². The van der Waals surface area contributed by atoms with E-state index in [1.165, 1.54) is 167 Å². The fourth-order valence-electron chi connectivity index (χ4n) is 10.8. The number of hydrogen-bond donors (Lipinski definition) is 9. The summed E-state index contributed by atoms with van der Waals surface area (Å²) in [5, 5.41) is 87.2. The lowest BCUT2D eigenvalue weighted by molar-refractivity contribution is -0.359. The maximum absolute atomic E-state index is 13.3. The summed E-state index contributed by atoms with van der Waals surface area (Å²) in [6, 6.07) is -0.826. The van der Waals surface area contributed by atoms with Gasteiger partial charge in [-0.3, -0.25) is 4.79 Å². The van der Waals surface area contributed by atoms with Crippen molar-refractivity contribution in [3.8, 4) is 0 Å². The molecule has 1 amide bonds. The summed E-state index contributed by atoms with van der Waals surface area (Å²) in [6.07, 6.45) is 48.6. The van der Waals surface area contributed by atoms with E-state index < -0.39 is 86.8 Å². The third-order valence-electron chi connectivity index (χ3n) is 16.1. The van der Waals surface area contributed by atoms with Crippen molar-refractivity contribution >= 4 is 5.91 Å². The standard InChI is InChI=1S/C66H121NO13/c1-3-5-7-9-11-13-15-16-17-18-19-20-21-22-23-24-25-26-27-28-29-30-31-32-33-34-35-36-37-38-40-42-44-46-48-50-58(71)67-54(55(70)49-47-45-43-41-39-14-12-10-8-6-4-2)53-77-65-63(76)61(74)64(57(52-69)79-65)80-66-62(75)60(73)59(72)56(51-68)78-66/h5,7,11,13,16-17,19-20,54-57,59-66,68-70,72-76H,3-4,6,8-10,12,14-15,18,21-53H2,1-2H3,(H,67,71)/b7-5-,13-11-,17-16-,20-19-.